The summed E-state index contributed by atoms with van der Waals surface area (Å²) in [7, 11) is 0. The highest BCUT2D eigenvalue weighted by Gasteiger charge is 2.36. The second-order valence-electron chi connectivity index (χ2n) is 3.86. The zero-order valence-corrected chi connectivity index (χ0v) is 10.6. The number of urea groups is 1. The lowest BCUT2D eigenvalue weighted by Crippen LogP contribution is -2.44. The Kier molecular flexibility index (Phi) is 4.17. The fourth-order valence-corrected chi connectivity index (χ4v) is 2.44. The molecule has 0 spiro atoms. The van der Waals surface area contributed by atoms with Crippen LogP contribution in [0.1, 0.15) is 11.6 Å². The summed E-state index contributed by atoms with van der Waals surface area (Å²) in [5.74, 6) is 0.486. The van der Waals surface area contributed by atoms with Crippen LogP contribution in [0.4, 0.5) is 18.0 Å². The topological polar surface area (TPSA) is 73.9 Å². The largest absolute Gasteiger partial charge is 0.453 e. The van der Waals surface area contributed by atoms with Gasteiger partial charge in [0.2, 0.25) is 0 Å². The molecule has 1 aromatic rings. The minimum Gasteiger partial charge on any atom is -0.331 e. The third kappa shape index (κ3) is 3.75. The van der Waals surface area contributed by atoms with Crippen LogP contribution in [-0.4, -0.2) is 50.7 Å². The lowest BCUT2D eigenvalue weighted by atomic mass is 10.5. The van der Waals surface area contributed by atoms with Crippen molar-refractivity contribution in [2.45, 2.75) is 12.7 Å². The molecule has 2 N–H and O–H groups in total. The van der Waals surface area contributed by atoms with Crippen LogP contribution >= 0.6 is 11.8 Å². The number of nitrogens with zero attached hydrogens (tertiary/aromatic N) is 3. The predicted molar refractivity (Wildman–Crippen MR) is 62.5 cm³/mol. The molecule has 1 saturated heterocycles. The van der Waals surface area contributed by atoms with E-state index in [9.17, 15) is 18.0 Å². The maximum atomic E-state index is 12.2. The van der Waals surface area contributed by atoms with Crippen LogP contribution in [0, 0.1) is 0 Å². The molecule has 2 rings (SSSR count). The second-order valence-corrected chi connectivity index (χ2v) is 5.09. The standard InChI is InChI=1S/C9H12F3N5OS/c10-9(11,12)7-14-6(15-16-7)5-13-8(18)17-1-3-19-4-2-17/h1-5H2,(H,13,18)(H,14,15,16). The molecule has 0 aliphatic carbocycles. The molecule has 2 heterocycles. The molecule has 10 heteroatoms. The Morgan fingerprint density at radius 1 is 1.42 bits per heavy atom. The number of hydrogen-bond acceptors (Lipinski definition) is 4. The Labute approximate surface area is 111 Å². The van der Waals surface area contributed by atoms with Crippen molar-refractivity contribution >= 4 is 17.8 Å². The molecular weight excluding hydrogens is 283 g/mol. The van der Waals surface area contributed by atoms with Gasteiger partial charge in [0.1, 0.15) is 5.82 Å². The molecule has 1 aliphatic rings. The van der Waals surface area contributed by atoms with Gasteiger partial charge in [0.05, 0.1) is 6.54 Å². The van der Waals surface area contributed by atoms with E-state index in [1.165, 1.54) is 0 Å². The summed E-state index contributed by atoms with van der Waals surface area (Å²) in [6, 6.07) is -0.301. The van der Waals surface area contributed by atoms with Gasteiger partial charge in [-0.3, -0.25) is 5.10 Å². The Balaban J connectivity index is 1.85. The Morgan fingerprint density at radius 2 is 2.11 bits per heavy atom. The van der Waals surface area contributed by atoms with Gasteiger partial charge in [0.15, 0.2) is 0 Å². The minimum absolute atomic E-state index is 0.0212. The van der Waals surface area contributed by atoms with Crippen molar-refractivity contribution < 1.29 is 18.0 Å². The smallest absolute Gasteiger partial charge is 0.331 e. The summed E-state index contributed by atoms with van der Waals surface area (Å²) < 4.78 is 36.7. The van der Waals surface area contributed by atoms with Gasteiger partial charge >= 0.3 is 12.2 Å². The lowest BCUT2D eigenvalue weighted by Gasteiger charge is -2.26. The number of aromatic nitrogens is 3. The van der Waals surface area contributed by atoms with Gasteiger partial charge in [-0.1, -0.05) is 0 Å². The summed E-state index contributed by atoms with van der Waals surface area (Å²) in [4.78, 5) is 16.6. The molecule has 0 radical (unpaired) electrons. The van der Waals surface area contributed by atoms with Gasteiger partial charge in [-0.05, 0) is 0 Å². The number of carbonyl (C=O) groups excluding carboxylic acids is 1. The number of aromatic amines is 1. The SMILES string of the molecule is O=C(NCc1nc(C(F)(F)F)n[nH]1)N1CCSCC1. The highest BCUT2D eigenvalue weighted by Crippen LogP contribution is 2.25. The number of hydrogen-bond donors (Lipinski definition) is 2. The molecule has 0 unspecified atom stereocenters. The van der Waals surface area contributed by atoms with Crippen LogP contribution in [0.25, 0.3) is 0 Å². The Bertz CT molecular complexity index is 443. The quantitative estimate of drug-likeness (QED) is 0.856. The molecule has 0 bridgehead atoms. The van der Waals surface area contributed by atoms with Gasteiger partial charge in [0, 0.05) is 24.6 Å². The first-order chi connectivity index (χ1) is 8.97. The highest BCUT2D eigenvalue weighted by atomic mass is 32.2. The van der Waals surface area contributed by atoms with Crippen LogP contribution in [0.3, 0.4) is 0 Å². The number of H-pyrrole nitrogens is 1. The van der Waals surface area contributed by atoms with E-state index in [1.54, 1.807) is 16.7 Å². The average Bonchev–Trinajstić information content (AvgIpc) is 2.86. The fraction of sp³-hybridized carbons (Fsp3) is 0.667. The number of carbonyl (C=O) groups is 1. The van der Waals surface area contributed by atoms with Crippen molar-refractivity contribution in [2.75, 3.05) is 24.6 Å². The number of nitrogens with one attached hydrogen (secondary N) is 2. The van der Waals surface area contributed by atoms with Crippen molar-refractivity contribution in [1.82, 2.24) is 25.4 Å². The van der Waals surface area contributed by atoms with Crippen molar-refractivity contribution in [1.29, 1.82) is 0 Å². The van der Waals surface area contributed by atoms with Crippen LogP contribution in [-0.2, 0) is 12.7 Å². The summed E-state index contributed by atoms with van der Waals surface area (Å²) in [5, 5.41) is 7.71. The zero-order chi connectivity index (χ0) is 13.9. The molecule has 6 nitrogen and oxygen atoms in total. The lowest BCUT2D eigenvalue weighted by molar-refractivity contribution is -0.144. The monoisotopic (exact) mass is 295 g/mol. The fourth-order valence-electron chi connectivity index (χ4n) is 1.54. The van der Waals surface area contributed by atoms with Crippen LogP contribution < -0.4 is 5.32 Å². The second kappa shape index (κ2) is 5.68. The number of alkyl halides is 3. The van der Waals surface area contributed by atoms with Crippen LogP contribution in [0.2, 0.25) is 0 Å². The van der Waals surface area contributed by atoms with E-state index in [1.807, 2.05) is 0 Å². The minimum atomic E-state index is -4.58. The third-order valence-corrected chi connectivity index (χ3v) is 3.43. The maximum absolute atomic E-state index is 12.2. The van der Waals surface area contributed by atoms with Crippen molar-refractivity contribution in [3.8, 4) is 0 Å². The van der Waals surface area contributed by atoms with E-state index in [2.05, 4.69) is 20.5 Å². The summed E-state index contributed by atoms with van der Waals surface area (Å²) in [6.07, 6.45) is -4.58. The number of rotatable bonds is 2. The van der Waals surface area contributed by atoms with Crippen molar-refractivity contribution in [3.63, 3.8) is 0 Å². The van der Waals surface area contributed by atoms with E-state index in [0.29, 0.717) is 13.1 Å². The van der Waals surface area contributed by atoms with Crippen LogP contribution in [0.15, 0.2) is 0 Å². The molecule has 0 aromatic carbocycles. The first-order valence-corrected chi connectivity index (χ1v) is 6.71. The first-order valence-electron chi connectivity index (χ1n) is 5.56. The molecule has 0 saturated carbocycles. The molecule has 1 fully saturated rings. The molecule has 1 aliphatic heterocycles. The van der Waals surface area contributed by atoms with Gasteiger partial charge in [-0.25, -0.2) is 9.78 Å². The first kappa shape index (κ1) is 14.0. The van der Waals surface area contributed by atoms with Crippen LogP contribution in [0.5, 0.6) is 0 Å². The predicted octanol–water partition coefficient (Wildman–Crippen LogP) is 1.08. The Hall–Kier alpha value is -1.45. The van der Waals surface area contributed by atoms with Gasteiger partial charge in [0.25, 0.3) is 5.82 Å². The summed E-state index contributed by atoms with van der Waals surface area (Å²) >= 11 is 1.76. The number of halogens is 3. The van der Waals surface area contributed by atoms with Crippen molar-refractivity contribution in [3.05, 3.63) is 11.6 Å². The van der Waals surface area contributed by atoms with E-state index >= 15 is 0 Å². The summed E-state index contributed by atoms with van der Waals surface area (Å²) in [5.41, 5.74) is 0. The molecule has 106 valence electrons. The molecule has 1 aromatic heterocycles. The normalized spacial score (nSPS) is 16.5. The number of thioether (sulfide) groups is 1. The molecule has 0 atom stereocenters. The third-order valence-electron chi connectivity index (χ3n) is 2.49. The maximum Gasteiger partial charge on any atom is 0.453 e. The van der Waals surface area contributed by atoms with E-state index in [0.717, 1.165) is 11.5 Å². The Morgan fingerprint density at radius 3 is 2.68 bits per heavy atom. The summed E-state index contributed by atoms with van der Waals surface area (Å²) in [6.45, 7) is 1.17. The average molecular weight is 295 g/mol. The highest BCUT2D eigenvalue weighted by molar-refractivity contribution is 7.99. The number of amides is 2. The van der Waals surface area contributed by atoms with Gasteiger partial charge in [-0.15, -0.1) is 5.10 Å². The van der Waals surface area contributed by atoms with E-state index in [-0.39, 0.29) is 18.4 Å². The van der Waals surface area contributed by atoms with Crippen molar-refractivity contribution in [2.24, 2.45) is 0 Å². The van der Waals surface area contributed by atoms with Gasteiger partial charge < -0.3 is 10.2 Å². The molecule has 19 heavy (non-hydrogen) atoms. The molecular formula is C9H12F3N5OS. The molecule has 2 amide bonds. The van der Waals surface area contributed by atoms with E-state index in [4.69, 9.17) is 0 Å². The van der Waals surface area contributed by atoms with E-state index < -0.39 is 12.0 Å². The van der Waals surface area contributed by atoms with Gasteiger partial charge in [-0.2, -0.15) is 24.9 Å². The zero-order valence-electron chi connectivity index (χ0n) is 9.83.